The van der Waals surface area contributed by atoms with Gasteiger partial charge in [0.15, 0.2) is 0 Å². The molecule has 1 aliphatic carbocycles. The average Bonchev–Trinajstić information content (AvgIpc) is 2.24. The van der Waals surface area contributed by atoms with Gasteiger partial charge in [0.1, 0.15) is 0 Å². The minimum atomic E-state index is 0.237. The van der Waals surface area contributed by atoms with E-state index in [1.807, 2.05) is 0 Å². The van der Waals surface area contributed by atoms with Crippen LogP contribution in [0.15, 0.2) is 0 Å². The summed E-state index contributed by atoms with van der Waals surface area (Å²) < 4.78 is 6.18. The maximum atomic E-state index is 6.18. The number of rotatable bonds is 10. The van der Waals surface area contributed by atoms with Gasteiger partial charge in [0.05, 0.1) is 5.60 Å². The van der Waals surface area contributed by atoms with E-state index in [4.69, 9.17) is 4.74 Å². The second-order valence-electron chi connectivity index (χ2n) is 6.77. The molecule has 0 bridgehead atoms. The second-order valence-corrected chi connectivity index (χ2v) is 6.77. The van der Waals surface area contributed by atoms with E-state index in [-0.39, 0.29) is 5.60 Å². The summed E-state index contributed by atoms with van der Waals surface area (Å²) in [6, 6.07) is 0. The lowest BCUT2D eigenvalue weighted by Crippen LogP contribution is -2.43. The molecule has 0 atom stereocenters. The van der Waals surface area contributed by atoms with Gasteiger partial charge in [0.25, 0.3) is 0 Å². The summed E-state index contributed by atoms with van der Waals surface area (Å²) in [5.74, 6) is 1.55. The predicted molar refractivity (Wildman–Crippen MR) is 78.9 cm³/mol. The van der Waals surface area contributed by atoms with Crippen molar-refractivity contribution in [3.63, 3.8) is 0 Å². The van der Waals surface area contributed by atoms with Crippen molar-refractivity contribution in [3.05, 3.63) is 0 Å². The third kappa shape index (κ3) is 6.19. The molecule has 0 radical (unpaired) electrons. The first-order valence-electron chi connectivity index (χ1n) is 7.89. The Morgan fingerprint density at radius 1 is 1.11 bits per heavy atom. The lowest BCUT2D eigenvalue weighted by atomic mass is 9.77. The predicted octanol–water partition coefficient (Wildman–Crippen LogP) is 4.00. The number of hydrogen-bond acceptors (Lipinski definition) is 2. The summed E-state index contributed by atoms with van der Waals surface area (Å²) in [7, 11) is 0. The highest BCUT2D eigenvalue weighted by molar-refractivity contribution is 4.90. The summed E-state index contributed by atoms with van der Waals surface area (Å²) in [5, 5.41) is 3.54. The molecule has 0 amide bonds. The van der Waals surface area contributed by atoms with Crippen LogP contribution >= 0.6 is 0 Å². The molecule has 0 spiro atoms. The normalized spacial score (nSPS) is 18.3. The fourth-order valence-corrected chi connectivity index (χ4v) is 2.52. The van der Waals surface area contributed by atoms with Gasteiger partial charge in [0.2, 0.25) is 0 Å². The molecule has 0 aromatic heterocycles. The summed E-state index contributed by atoms with van der Waals surface area (Å²) in [5.41, 5.74) is 0.237. The van der Waals surface area contributed by atoms with Crippen molar-refractivity contribution < 1.29 is 4.74 Å². The SMILES string of the molecule is CC(C)CCCOC1(CCNCC(C)C)CCC1. The smallest absolute Gasteiger partial charge is 0.0694 e. The molecule has 1 rings (SSSR count). The van der Waals surface area contributed by atoms with Crippen molar-refractivity contribution in [1.29, 1.82) is 0 Å². The van der Waals surface area contributed by atoms with E-state index in [9.17, 15) is 0 Å². The minimum absolute atomic E-state index is 0.237. The van der Waals surface area contributed by atoms with Crippen molar-refractivity contribution in [1.82, 2.24) is 5.32 Å². The highest BCUT2D eigenvalue weighted by Crippen LogP contribution is 2.38. The molecule has 1 aliphatic rings. The van der Waals surface area contributed by atoms with E-state index in [1.165, 1.54) is 38.5 Å². The molecule has 0 aromatic rings. The first-order chi connectivity index (χ1) is 8.54. The van der Waals surface area contributed by atoms with Gasteiger partial charge in [-0.25, -0.2) is 0 Å². The third-order valence-electron chi connectivity index (χ3n) is 3.91. The van der Waals surface area contributed by atoms with Crippen molar-refractivity contribution in [2.24, 2.45) is 11.8 Å². The maximum absolute atomic E-state index is 6.18. The van der Waals surface area contributed by atoms with E-state index in [1.54, 1.807) is 0 Å². The molecular weight excluding hydrogens is 222 g/mol. The lowest BCUT2D eigenvalue weighted by Gasteiger charge is -2.42. The lowest BCUT2D eigenvalue weighted by molar-refractivity contribution is -0.105. The third-order valence-corrected chi connectivity index (χ3v) is 3.91. The van der Waals surface area contributed by atoms with Crippen LogP contribution in [0, 0.1) is 11.8 Å². The fraction of sp³-hybridized carbons (Fsp3) is 1.00. The number of ether oxygens (including phenoxy) is 1. The van der Waals surface area contributed by atoms with Crippen molar-refractivity contribution in [2.45, 2.75) is 71.8 Å². The minimum Gasteiger partial charge on any atom is -0.375 e. The van der Waals surface area contributed by atoms with Gasteiger partial charge in [-0.15, -0.1) is 0 Å². The first kappa shape index (κ1) is 16.0. The van der Waals surface area contributed by atoms with E-state index in [2.05, 4.69) is 33.0 Å². The Morgan fingerprint density at radius 2 is 1.83 bits per heavy atom. The van der Waals surface area contributed by atoms with Crippen molar-refractivity contribution >= 4 is 0 Å². The molecule has 1 N–H and O–H groups in total. The van der Waals surface area contributed by atoms with Crippen LogP contribution in [0.5, 0.6) is 0 Å². The van der Waals surface area contributed by atoms with Gasteiger partial charge in [0, 0.05) is 6.61 Å². The summed E-state index contributed by atoms with van der Waals surface area (Å²) >= 11 is 0. The molecule has 18 heavy (non-hydrogen) atoms. The highest BCUT2D eigenvalue weighted by atomic mass is 16.5. The van der Waals surface area contributed by atoms with E-state index >= 15 is 0 Å². The Balaban J connectivity index is 2.09. The molecule has 1 fully saturated rings. The zero-order chi connectivity index (χ0) is 13.4. The largest absolute Gasteiger partial charge is 0.375 e. The van der Waals surface area contributed by atoms with Crippen LogP contribution in [0.25, 0.3) is 0 Å². The Kier molecular flexibility index (Phi) is 7.25. The van der Waals surface area contributed by atoms with Gasteiger partial charge < -0.3 is 10.1 Å². The van der Waals surface area contributed by atoms with Crippen LogP contribution in [0.2, 0.25) is 0 Å². The molecule has 2 nitrogen and oxygen atoms in total. The Bertz CT molecular complexity index is 191. The van der Waals surface area contributed by atoms with E-state index in [0.29, 0.717) is 0 Å². The molecule has 0 heterocycles. The maximum Gasteiger partial charge on any atom is 0.0694 e. The molecule has 0 aliphatic heterocycles. The monoisotopic (exact) mass is 255 g/mol. The van der Waals surface area contributed by atoms with Gasteiger partial charge in [-0.2, -0.15) is 0 Å². The quantitative estimate of drug-likeness (QED) is 0.596. The molecule has 108 valence electrons. The highest BCUT2D eigenvalue weighted by Gasteiger charge is 2.37. The first-order valence-corrected chi connectivity index (χ1v) is 7.89. The standard InChI is InChI=1S/C16H33NO/c1-14(2)7-5-12-18-16(8-6-9-16)10-11-17-13-15(3)4/h14-15,17H,5-13H2,1-4H3. The van der Waals surface area contributed by atoms with Gasteiger partial charge in [-0.3, -0.25) is 0 Å². The fourth-order valence-electron chi connectivity index (χ4n) is 2.52. The number of nitrogens with one attached hydrogen (secondary N) is 1. The van der Waals surface area contributed by atoms with Crippen LogP contribution in [-0.4, -0.2) is 25.3 Å². The van der Waals surface area contributed by atoms with Crippen molar-refractivity contribution in [3.8, 4) is 0 Å². The van der Waals surface area contributed by atoms with E-state index in [0.717, 1.165) is 31.5 Å². The molecule has 0 aromatic carbocycles. The Labute approximate surface area is 114 Å². The van der Waals surface area contributed by atoms with E-state index < -0.39 is 0 Å². The summed E-state index contributed by atoms with van der Waals surface area (Å²) in [6.07, 6.45) is 7.62. The molecule has 0 saturated heterocycles. The van der Waals surface area contributed by atoms with Crippen LogP contribution < -0.4 is 5.32 Å². The molecule has 2 heteroatoms. The molecule has 1 saturated carbocycles. The molecular formula is C16H33NO. The van der Waals surface area contributed by atoms with Crippen LogP contribution in [-0.2, 0) is 4.74 Å². The van der Waals surface area contributed by atoms with Gasteiger partial charge in [-0.1, -0.05) is 27.7 Å². The topological polar surface area (TPSA) is 21.3 Å². The zero-order valence-corrected chi connectivity index (χ0v) is 12.9. The van der Waals surface area contributed by atoms with Crippen LogP contribution in [0.1, 0.15) is 66.2 Å². The second kappa shape index (κ2) is 8.16. The van der Waals surface area contributed by atoms with Gasteiger partial charge in [-0.05, 0) is 63.5 Å². The summed E-state index contributed by atoms with van der Waals surface area (Å²) in [4.78, 5) is 0. The Morgan fingerprint density at radius 3 is 2.33 bits per heavy atom. The van der Waals surface area contributed by atoms with Gasteiger partial charge >= 0.3 is 0 Å². The van der Waals surface area contributed by atoms with Crippen LogP contribution in [0.3, 0.4) is 0 Å². The van der Waals surface area contributed by atoms with Crippen LogP contribution in [0.4, 0.5) is 0 Å². The zero-order valence-electron chi connectivity index (χ0n) is 12.9. The number of hydrogen-bond donors (Lipinski definition) is 1. The Hall–Kier alpha value is -0.0800. The molecule has 0 unspecified atom stereocenters. The van der Waals surface area contributed by atoms with Crippen molar-refractivity contribution in [2.75, 3.05) is 19.7 Å². The average molecular weight is 255 g/mol. The summed E-state index contributed by atoms with van der Waals surface area (Å²) in [6.45, 7) is 12.3.